The zero-order valence-corrected chi connectivity index (χ0v) is 10.0. The van der Waals surface area contributed by atoms with Gasteiger partial charge in [0.2, 0.25) is 0 Å². The molecule has 0 aromatic carbocycles. The second-order valence-corrected chi connectivity index (χ2v) is 4.93. The molecule has 0 bridgehead atoms. The predicted molar refractivity (Wildman–Crippen MR) is 62.1 cm³/mol. The summed E-state index contributed by atoms with van der Waals surface area (Å²) in [6.45, 7) is 8.80. The Balaban J connectivity index is 1.70. The number of morpholine rings is 1. The van der Waals surface area contributed by atoms with Gasteiger partial charge in [0, 0.05) is 31.7 Å². The molecule has 0 amide bonds. The molecule has 2 unspecified atom stereocenters. The lowest BCUT2D eigenvalue weighted by atomic mass is 10.2. The third-order valence-electron chi connectivity index (χ3n) is 3.53. The first-order valence-corrected chi connectivity index (χ1v) is 6.38. The van der Waals surface area contributed by atoms with E-state index in [1.54, 1.807) is 0 Å². The maximum atomic E-state index is 5.68. The minimum absolute atomic E-state index is 0.460. The van der Waals surface area contributed by atoms with Gasteiger partial charge in [-0.1, -0.05) is 6.92 Å². The van der Waals surface area contributed by atoms with Gasteiger partial charge >= 0.3 is 0 Å². The van der Waals surface area contributed by atoms with E-state index in [1.807, 2.05) is 0 Å². The monoisotopic (exact) mass is 212 g/mol. The standard InChI is InChI=1S/C12H24N2O/c1-3-12-9-14(6-7-15-12)10(2)8-13-11-4-5-11/h10-13H,3-9H2,1-2H3. The van der Waals surface area contributed by atoms with E-state index in [1.165, 1.54) is 12.8 Å². The number of rotatable bonds is 5. The molecule has 1 saturated carbocycles. The zero-order chi connectivity index (χ0) is 10.7. The molecule has 0 aromatic heterocycles. The van der Waals surface area contributed by atoms with E-state index in [4.69, 9.17) is 4.74 Å². The summed E-state index contributed by atoms with van der Waals surface area (Å²) in [5, 5.41) is 3.60. The fraction of sp³-hybridized carbons (Fsp3) is 1.00. The molecule has 2 aliphatic rings. The molecule has 1 saturated heterocycles. The van der Waals surface area contributed by atoms with Gasteiger partial charge in [0.15, 0.2) is 0 Å². The smallest absolute Gasteiger partial charge is 0.0700 e. The van der Waals surface area contributed by atoms with E-state index in [2.05, 4.69) is 24.1 Å². The van der Waals surface area contributed by atoms with Crippen molar-refractivity contribution in [2.75, 3.05) is 26.2 Å². The van der Waals surface area contributed by atoms with Crippen molar-refractivity contribution >= 4 is 0 Å². The number of hydrogen-bond donors (Lipinski definition) is 1. The highest BCUT2D eigenvalue weighted by atomic mass is 16.5. The molecule has 0 radical (unpaired) electrons. The molecule has 3 heteroatoms. The van der Waals surface area contributed by atoms with Crippen molar-refractivity contribution in [3.05, 3.63) is 0 Å². The van der Waals surface area contributed by atoms with E-state index in [0.29, 0.717) is 12.1 Å². The summed E-state index contributed by atoms with van der Waals surface area (Å²) in [7, 11) is 0. The SMILES string of the molecule is CCC1CN(C(C)CNC2CC2)CCO1. The van der Waals surface area contributed by atoms with Crippen LogP contribution in [0.4, 0.5) is 0 Å². The molecule has 1 aliphatic carbocycles. The van der Waals surface area contributed by atoms with Gasteiger partial charge in [-0.2, -0.15) is 0 Å². The van der Waals surface area contributed by atoms with Crippen LogP contribution in [0.2, 0.25) is 0 Å². The first-order valence-electron chi connectivity index (χ1n) is 6.38. The van der Waals surface area contributed by atoms with Gasteiger partial charge < -0.3 is 10.1 Å². The van der Waals surface area contributed by atoms with Crippen molar-refractivity contribution in [3.63, 3.8) is 0 Å². The Hall–Kier alpha value is -0.120. The van der Waals surface area contributed by atoms with Crippen molar-refractivity contribution in [1.29, 1.82) is 0 Å². The Morgan fingerprint density at radius 1 is 1.47 bits per heavy atom. The van der Waals surface area contributed by atoms with Crippen LogP contribution in [0.3, 0.4) is 0 Å². The van der Waals surface area contributed by atoms with Gasteiger partial charge in [0.1, 0.15) is 0 Å². The van der Waals surface area contributed by atoms with E-state index < -0.39 is 0 Å². The lowest BCUT2D eigenvalue weighted by molar-refractivity contribution is -0.0417. The van der Waals surface area contributed by atoms with Crippen LogP contribution in [0.1, 0.15) is 33.1 Å². The van der Waals surface area contributed by atoms with Crippen LogP contribution in [-0.2, 0) is 4.74 Å². The number of nitrogens with zero attached hydrogens (tertiary/aromatic N) is 1. The predicted octanol–water partition coefficient (Wildman–Crippen LogP) is 1.24. The Morgan fingerprint density at radius 3 is 2.93 bits per heavy atom. The fourth-order valence-corrected chi connectivity index (χ4v) is 2.14. The summed E-state index contributed by atoms with van der Waals surface area (Å²) in [4.78, 5) is 2.56. The van der Waals surface area contributed by atoms with E-state index in [0.717, 1.165) is 38.7 Å². The molecule has 15 heavy (non-hydrogen) atoms. The van der Waals surface area contributed by atoms with Crippen LogP contribution in [0.15, 0.2) is 0 Å². The molecule has 0 aromatic rings. The van der Waals surface area contributed by atoms with Crippen molar-refractivity contribution in [2.45, 2.75) is 51.3 Å². The van der Waals surface area contributed by atoms with Gasteiger partial charge in [0.05, 0.1) is 12.7 Å². The molecule has 0 spiro atoms. The second kappa shape index (κ2) is 5.28. The van der Waals surface area contributed by atoms with Crippen molar-refractivity contribution < 1.29 is 4.74 Å². The summed E-state index contributed by atoms with van der Waals surface area (Å²) in [5.41, 5.74) is 0. The number of ether oxygens (including phenoxy) is 1. The third-order valence-corrected chi connectivity index (χ3v) is 3.53. The summed E-state index contributed by atoms with van der Waals surface area (Å²) in [6.07, 6.45) is 4.36. The third kappa shape index (κ3) is 3.44. The van der Waals surface area contributed by atoms with Crippen LogP contribution in [-0.4, -0.2) is 49.3 Å². The zero-order valence-electron chi connectivity index (χ0n) is 10.0. The molecule has 1 aliphatic heterocycles. The maximum absolute atomic E-state index is 5.68. The Morgan fingerprint density at radius 2 is 2.27 bits per heavy atom. The summed E-state index contributed by atoms with van der Waals surface area (Å²) >= 11 is 0. The summed E-state index contributed by atoms with van der Waals surface area (Å²) < 4.78 is 5.68. The highest BCUT2D eigenvalue weighted by Crippen LogP contribution is 2.19. The van der Waals surface area contributed by atoms with Gasteiger partial charge in [-0.05, 0) is 26.2 Å². The second-order valence-electron chi connectivity index (χ2n) is 4.93. The Bertz CT molecular complexity index is 194. The lowest BCUT2D eigenvalue weighted by Crippen LogP contribution is -2.49. The van der Waals surface area contributed by atoms with Crippen LogP contribution in [0.25, 0.3) is 0 Å². The van der Waals surface area contributed by atoms with E-state index >= 15 is 0 Å². The highest BCUT2D eigenvalue weighted by Gasteiger charge is 2.25. The highest BCUT2D eigenvalue weighted by molar-refractivity contribution is 4.84. The van der Waals surface area contributed by atoms with Gasteiger partial charge in [-0.3, -0.25) is 4.90 Å². The first kappa shape index (κ1) is 11.4. The van der Waals surface area contributed by atoms with Gasteiger partial charge in [0.25, 0.3) is 0 Å². The fourth-order valence-electron chi connectivity index (χ4n) is 2.14. The minimum Gasteiger partial charge on any atom is -0.376 e. The Kier molecular flexibility index (Phi) is 4.00. The van der Waals surface area contributed by atoms with Gasteiger partial charge in [-0.25, -0.2) is 0 Å². The van der Waals surface area contributed by atoms with Crippen LogP contribution >= 0.6 is 0 Å². The molecule has 1 N–H and O–H groups in total. The van der Waals surface area contributed by atoms with Crippen LogP contribution < -0.4 is 5.32 Å². The van der Waals surface area contributed by atoms with Crippen LogP contribution in [0, 0.1) is 0 Å². The topological polar surface area (TPSA) is 24.5 Å². The van der Waals surface area contributed by atoms with Crippen molar-refractivity contribution in [2.24, 2.45) is 0 Å². The first-order chi connectivity index (χ1) is 7.29. The molecular weight excluding hydrogens is 188 g/mol. The summed E-state index contributed by atoms with van der Waals surface area (Å²) in [5.74, 6) is 0. The summed E-state index contributed by atoms with van der Waals surface area (Å²) in [6, 6.07) is 1.49. The molecule has 2 rings (SSSR count). The van der Waals surface area contributed by atoms with Crippen molar-refractivity contribution in [3.8, 4) is 0 Å². The molecule has 1 heterocycles. The van der Waals surface area contributed by atoms with Crippen molar-refractivity contribution in [1.82, 2.24) is 10.2 Å². The average Bonchev–Trinajstić information content (AvgIpc) is 3.10. The maximum Gasteiger partial charge on any atom is 0.0700 e. The lowest BCUT2D eigenvalue weighted by Gasteiger charge is -2.36. The molecule has 88 valence electrons. The minimum atomic E-state index is 0.460. The molecule has 3 nitrogen and oxygen atoms in total. The largest absolute Gasteiger partial charge is 0.376 e. The average molecular weight is 212 g/mol. The quantitative estimate of drug-likeness (QED) is 0.742. The Labute approximate surface area is 93.2 Å². The molecule has 2 fully saturated rings. The number of hydrogen-bond acceptors (Lipinski definition) is 3. The van der Waals surface area contributed by atoms with Crippen LogP contribution in [0.5, 0.6) is 0 Å². The molecular formula is C12H24N2O. The van der Waals surface area contributed by atoms with Gasteiger partial charge in [-0.15, -0.1) is 0 Å². The van der Waals surface area contributed by atoms with E-state index in [9.17, 15) is 0 Å². The molecule has 2 atom stereocenters. The number of nitrogens with one attached hydrogen (secondary N) is 1. The van der Waals surface area contributed by atoms with E-state index in [-0.39, 0.29) is 0 Å². The normalized spacial score (nSPS) is 30.4.